The van der Waals surface area contributed by atoms with E-state index in [1.165, 1.54) is 0 Å². The fourth-order valence-corrected chi connectivity index (χ4v) is 3.47. The summed E-state index contributed by atoms with van der Waals surface area (Å²) in [5.41, 5.74) is 2.95. The number of carbonyl (C=O) groups excluding carboxylic acids is 1. The average molecular weight is 368 g/mol. The molecule has 4 rings (SSSR count). The van der Waals surface area contributed by atoms with Crippen molar-refractivity contribution in [2.45, 2.75) is 32.2 Å². The molecular weight excluding hydrogens is 344 g/mol. The predicted octanol–water partition coefficient (Wildman–Crippen LogP) is 3.94. The highest BCUT2D eigenvalue weighted by Crippen LogP contribution is 2.38. The Labute approximate surface area is 159 Å². The summed E-state index contributed by atoms with van der Waals surface area (Å²) in [7, 11) is 1.64. The van der Waals surface area contributed by atoms with E-state index in [1.807, 2.05) is 49.4 Å². The highest BCUT2D eigenvalue weighted by Gasteiger charge is 2.42. The van der Waals surface area contributed by atoms with E-state index < -0.39 is 5.79 Å². The number of nitrogens with one attached hydrogen (secondary N) is 1. The van der Waals surface area contributed by atoms with Gasteiger partial charge in [0.15, 0.2) is 0 Å². The summed E-state index contributed by atoms with van der Waals surface area (Å²) >= 11 is 0. The van der Waals surface area contributed by atoms with Gasteiger partial charge in [0.25, 0.3) is 0 Å². The number of hydrogen-bond donors (Lipinski definition) is 1. The minimum absolute atomic E-state index is 0.0883. The second kappa shape index (κ2) is 7.12. The Morgan fingerprint density at radius 3 is 2.59 bits per heavy atom. The van der Waals surface area contributed by atoms with Crippen LogP contribution in [0.25, 0.3) is 0 Å². The van der Waals surface area contributed by atoms with Gasteiger partial charge in [-0.15, -0.1) is 0 Å². The summed E-state index contributed by atoms with van der Waals surface area (Å²) in [4.78, 5) is 14.3. The van der Waals surface area contributed by atoms with Gasteiger partial charge in [0, 0.05) is 37.2 Å². The summed E-state index contributed by atoms with van der Waals surface area (Å²) in [5.74, 6) is 0.974. The van der Waals surface area contributed by atoms with Crippen LogP contribution in [0.4, 0.5) is 10.5 Å². The van der Waals surface area contributed by atoms with Crippen LogP contribution in [0.5, 0.6) is 11.5 Å². The maximum absolute atomic E-state index is 12.5. The van der Waals surface area contributed by atoms with Crippen LogP contribution < -0.4 is 14.8 Å². The van der Waals surface area contributed by atoms with E-state index in [9.17, 15) is 4.79 Å². The first-order chi connectivity index (χ1) is 13.1. The molecule has 0 unspecified atom stereocenters. The number of urea groups is 1. The van der Waals surface area contributed by atoms with Gasteiger partial charge in [0.1, 0.15) is 11.5 Å². The molecule has 142 valence electrons. The molecule has 2 heterocycles. The summed E-state index contributed by atoms with van der Waals surface area (Å²) in [5, 5.41) is 2.95. The highest BCUT2D eigenvalue weighted by molar-refractivity contribution is 5.89. The summed E-state index contributed by atoms with van der Waals surface area (Å²) in [6, 6.07) is 13.5. The Kier molecular flexibility index (Phi) is 4.66. The number of methoxy groups -OCH3 is 1. The molecule has 0 aliphatic carbocycles. The van der Waals surface area contributed by atoms with E-state index in [4.69, 9.17) is 14.2 Å². The predicted molar refractivity (Wildman–Crippen MR) is 102 cm³/mol. The first-order valence-corrected chi connectivity index (χ1v) is 9.19. The van der Waals surface area contributed by atoms with Gasteiger partial charge in [-0.3, -0.25) is 0 Å². The Morgan fingerprint density at radius 1 is 1.15 bits per heavy atom. The Bertz CT molecular complexity index is 827. The van der Waals surface area contributed by atoms with Gasteiger partial charge in [-0.05, 0) is 37.3 Å². The number of piperidine rings is 1. The molecule has 6 nitrogen and oxygen atoms in total. The number of aryl methyl sites for hydroxylation is 1. The molecule has 1 N–H and O–H groups in total. The van der Waals surface area contributed by atoms with Crippen LogP contribution >= 0.6 is 0 Å². The van der Waals surface area contributed by atoms with Crippen molar-refractivity contribution in [3.8, 4) is 11.5 Å². The van der Waals surface area contributed by atoms with Crippen molar-refractivity contribution in [1.82, 2.24) is 4.90 Å². The van der Waals surface area contributed by atoms with Crippen LogP contribution in [0.1, 0.15) is 24.0 Å². The third-order valence-corrected chi connectivity index (χ3v) is 5.17. The van der Waals surface area contributed by atoms with Crippen molar-refractivity contribution >= 4 is 11.7 Å². The molecule has 1 saturated heterocycles. The molecule has 0 radical (unpaired) electrons. The zero-order valence-electron chi connectivity index (χ0n) is 15.7. The standard InChI is InChI=1S/C21H24N2O4/c1-15-3-5-17(6-4-15)22-20(24)23-11-9-21(10-12-23)26-14-16-13-18(25-2)7-8-19(16)27-21/h3-8,13H,9-12,14H2,1-2H3,(H,22,24). The van der Waals surface area contributed by atoms with E-state index in [2.05, 4.69) is 5.32 Å². The highest BCUT2D eigenvalue weighted by atomic mass is 16.7. The van der Waals surface area contributed by atoms with E-state index in [0.29, 0.717) is 32.5 Å². The summed E-state index contributed by atoms with van der Waals surface area (Å²) in [6.07, 6.45) is 1.28. The van der Waals surface area contributed by atoms with Crippen molar-refractivity contribution in [3.05, 3.63) is 53.6 Å². The van der Waals surface area contributed by atoms with Gasteiger partial charge in [0.2, 0.25) is 5.79 Å². The van der Waals surface area contributed by atoms with Crippen LogP contribution in [-0.4, -0.2) is 36.9 Å². The number of ether oxygens (including phenoxy) is 3. The molecule has 27 heavy (non-hydrogen) atoms. The minimum Gasteiger partial charge on any atom is -0.497 e. The largest absolute Gasteiger partial charge is 0.497 e. The molecule has 2 aliphatic rings. The number of benzene rings is 2. The second-order valence-electron chi connectivity index (χ2n) is 7.06. The van der Waals surface area contributed by atoms with E-state index in [-0.39, 0.29) is 6.03 Å². The first-order valence-electron chi connectivity index (χ1n) is 9.19. The monoisotopic (exact) mass is 368 g/mol. The number of hydrogen-bond acceptors (Lipinski definition) is 4. The van der Waals surface area contributed by atoms with Gasteiger partial charge in [-0.25, -0.2) is 4.79 Å². The molecule has 2 aromatic carbocycles. The minimum atomic E-state index is -0.651. The molecule has 1 spiro atoms. The number of nitrogens with zero attached hydrogens (tertiary/aromatic N) is 1. The van der Waals surface area contributed by atoms with Gasteiger partial charge in [-0.2, -0.15) is 0 Å². The van der Waals surface area contributed by atoms with Gasteiger partial charge >= 0.3 is 6.03 Å². The molecule has 0 atom stereocenters. The van der Waals surface area contributed by atoms with Crippen molar-refractivity contribution in [3.63, 3.8) is 0 Å². The number of fused-ring (bicyclic) bond motifs is 1. The molecule has 2 aromatic rings. The zero-order valence-corrected chi connectivity index (χ0v) is 15.7. The van der Waals surface area contributed by atoms with Gasteiger partial charge in [0.05, 0.1) is 13.7 Å². The van der Waals surface area contributed by atoms with Gasteiger partial charge in [-0.1, -0.05) is 17.7 Å². The van der Waals surface area contributed by atoms with E-state index in [0.717, 1.165) is 28.3 Å². The molecule has 2 amide bonds. The molecule has 0 saturated carbocycles. The molecular formula is C21H24N2O4. The lowest BCUT2D eigenvalue weighted by molar-refractivity contribution is -0.225. The number of rotatable bonds is 2. The number of carbonyl (C=O) groups is 1. The SMILES string of the molecule is COc1ccc2c(c1)COC1(CCN(C(=O)Nc3ccc(C)cc3)CC1)O2. The fraction of sp³-hybridized carbons (Fsp3) is 0.381. The zero-order chi connectivity index (χ0) is 18.9. The Balaban J connectivity index is 1.37. The van der Waals surface area contributed by atoms with Crippen LogP contribution in [-0.2, 0) is 11.3 Å². The maximum Gasteiger partial charge on any atom is 0.321 e. The maximum atomic E-state index is 12.5. The van der Waals surface area contributed by atoms with Crippen LogP contribution in [0.15, 0.2) is 42.5 Å². The van der Waals surface area contributed by atoms with Crippen molar-refractivity contribution in [2.75, 3.05) is 25.5 Å². The third kappa shape index (κ3) is 3.71. The first kappa shape index (κ1) is 17.7. The van der Waals surface area contributed by atoms with E-state index >= 15 is 0 Å². The summed E-state index contributed by atoms with van der Waals surface area (Å²) < 4.78 is 17.5. The number of anilines is 1. The molecule has 6 heteroatoms. The van der Waals surface area contributed by atoms with Crippen molar-refractivity contribution in [2.24, 2.45) is 0 Å². The van der Waals surface area contributed by atoms with Crippen LogP contribution in [0, 0.1) is 6.92 Å². The Hall–Kier alpha value is -2.73. The third-order valence-electron chi connectivity index (χ3n) is 5.17. The number of likely N-dealkylation sites (tertiary alicyclic amines) is 1. The Morgan fingerprint density at radius 2 is 1.89 bits per heavy atom. The fourth-order valence-electron chi connectivity index (χ4n) is 3.47. The summed E-state index contributed by atoms with van der Waals surface area (Å²) in [6.45, 7) is 3.68. The molecule has 0 aromatic heterocycles. The van der Waals surface area contributed by atoms with E-state index in [1.54, 1.807) is 12.0 Å². The second-order valence-corrected chi connectivity index (χ2v) is 7.06. The normalized spacial score (nSPS) is 17.8. The molecule has 2 aliphatic heterocycles. The number of amides is 2. The quantitative estimate of drug-likeness (QED) is 0.872. The van der Waals surface area contributed by atoms with Gasteiger partial charge < -0.3 is 24.4 Å². The molecule has 1 fully saturated rings. The van der Waals surface area contributed by atoms with Crippen LogP contribution in [0.2, 0.25) is 0 Å². The molecule has 0 bridgehead atoms. The lowest BCUT2D eigenvalue weighted by atomic mass is 10.0. The topological polar surface area (TPSA) is 60.0 Å². The lowest BCUT2D eigenvalue weighted by Gasteiger charge is -2.43. The van der Waals surface area contributed by atoms with Crippen molar-refractivity contribution in [1.29, 1.82) is 0 Å². The lowest BCUT2D eigenvalue weighted by Crippen LogP contribution is -2.53. The van der Waals surface area contributed by atoms with Crippen LogP contribution in [0.3, 0.4) is 0 Å². The smallest absolute Gasteiger partial charge is 0.321 e. The van der Waals surface area contributed by atoms with Crippen molar-refractivity contribution < 1.29 is 19.0 Å². The average Bonchev–Trinajstić information content (AvgIpc) is 2.70.